The Kier molecular flexibility index (Phi) is 9.23. The molecule has 0 amide bonds. The van der Waals surface area contributed by atoms with Crippen LogP contribution in [0.4, 0.5) is 0 Å². The van der Waals surface area contributed by atoms with Crippen LogP contribution in [0.2, 0.25) is 0 Å². The number of aromatic nitrogens is 3. The van der Waals surface area contributed by atoms with Crippen molar-refractivity contribution in [2.75, 3.05) is 0 Å². The Morgan fingerprint density at radius 2 is 0.657 bits per heavy atom. The molecule has 3 heterocycles. The predicted molar refractivity (Wildman–Crippen MR) is 299 cm³/mol. The molecule has 0 aliphatic heterocycles. The molecule has 3 nitrogen and oxygen atoms in total. The van der Waals surface area contributed by atoms with Crippen molar-refractivity contribution in [1.82, 2.24) is 13.7 Å². The molecule has 0 fully saturated rings. The largest absolute Gasteiger partial charge is 0.309 e. The summed E-state index contributed by atoms with van der Waals surface area (Å²) in [6.45, 7) is 0. The van der Waals surface area contributed by atoms with Crippen LogP contribution >= 0.6 is 0 Å². The van der Waals surface area contributed by atoms with E-state index in [1.54, 1.807) is 0 Å². The number of hydrogen-bond donors (Lipinski definition) is 0. The molecule has 3 aromatic heterocycles. The van der Waals surface area contributed by atoms with Crippen LogP contribution in [0.3, 0.4) is 0 Å². The van der Waals surface area contributed by atoms with Gasteiger partial charge in [0.2, 0.25) is 0 Å². The molecule has 0 saturated carbocycles. The maximum absolute atomic E-state index is 3.24. The van der Waals surface area contributed by atoms with E-state index in [2.05, 4.69) is 287 Å². The van der Waals surface area contributed by atoms with Gasteiger partial charge in [0.05, 0.1) is 33.1 Å². The second-order valence-electron chi connectivity index (χ2n) is 18.4. The van der Waals surface area contributed by atoms with Crippen molar-refractivity contribution >= 4 is 94.2 Å². The van der Waals surface area contributed by atoms with Crippen molar-refractivity contribution in [2.45, 2.75) is 0 Å². The van der Waals surface area contributed by atoms with E-state index in [-0.39, 0.29) is 0 Å². The molecule has 70 heavy (non-hydrogen) atoms. The van der Waals surface area contributed by atoms with Crippen LogP contribution < -0.4 is 20.7 Å². The molecule has 14 aromatic rings. The summed E-state index contributed by atoms with van der Waals surface area (Å²) < 4.78 is 7.56. The Morgan fingerprint density at radius 1 is 0.243 bits per heavy atom. The van der Waals surface area contributed by atoms with Crippen LogP contribution in [0.25, 0.3) is 93.6 Å². The minimum atomic E-state index is -3.24. The zero-order valence-corrected chi connectivity index (χ0v) is 39.3. The van der Waals surface area contributed by atoms with Gasteiger partial charge in [-0.3, -0.25) is 0 Å². The Morgan fingerprint density at radius 3 is 1.21 bits per heavy atom. The number of fused-ring (bicyclic) bond motifs is 9. The van der Waals surface area contributed by atoms with Crippen molar-refractivity contribution in [2.24, 2.45) is 0 Å². The SMILES string of the molecule is c1ccc(-c2cccc(-n3c4ccccc4c4ccc(-n5c6ccccc6c6c([Si](c7ccccc7)(c7ccccc7)c7ccccc7)c(-n7c8ccccc8c8ccccc87)ccc65)cc43)c2)cc1. The van der Waals surface area contributed by atoms with Crippen LogP contribution in [0, 0.1) is 0 Å². The summed E-state index contributed by atoms with van der Waals surface area (Å²) in [5, 5.41) is 12.8. The average molecular weight is 908 g/mol. The van der Waals surface area contributed by atoms with Gasteiger partial charge in [-0.15, -0.1) is 0 Å². The summed E-state index contributed by atoms with van der Waals surface area (Å²) in [4.78, 5) is 0. The van der Waals surface area contributed by atoms with E-state index in [1.165, 1.54) is 103 Å². The molecule has 14 rings (SSSR count). The Balaban J connectivity index is 1.15. The fourth-order valence-electron chi connectivity index (χ4n) is 11.9. The minimum absolute atomic E-state index is 1.11. The summed E-state index contributed by atoms with van der Waals surface area (Å²) in [6.07, 6.45) is 0. The monoisotopic (exact) mass is 907 g/mol. The Hall–Kier alpha value is -8.96. The van der Waals surface area contributed by atoms with Gasteiger partial charge in [-0.25, -0.2) is 0 Å². The fourth-order valence-corrected chi connectivity index (χ4v) is 17.1. The molecule has 0 unspecified atom stereocenters. The smallest absolute Gasteiger partial charge is 0.182 e. The third-order valence-corrected chi connectivity index (χ3v) is 19.6. The molecule has 4 heteroatoms. The molecule has 11 aromatic carbocycles. The lowest BCUT2D eigenvalue weighted by Crippen LogP contribution is -2.75. The first-order chi connectivity index (χ1) is 34.8. The van der Waals surface area contributed by atoms with E-state index in [1.807, 2.05) is 0 Å². The summed E-state index contributed by atoms with van der Waals surface area (Å²) in [7, 11) is -3.24. The third-order valence-electron chi connectivity index (χ3n) is 14.8. The van der Waals surface area contributed by atoms with Gasteiger partial charge in [0, 0.05) is 49.4 Å². The van der Waals surface area contributed by atoms with Gasteiger partial charge in [-0.2, -0.15) is 0 Å². The van der Waals surface area contributed by atoms with Crippen LogP contribution in [-0.2, 0) is 0 Å². The summed E-state index contributed by atoms with van der Waals surface area (Å²) in [5.74, 6) is 0. The molecule has 0 spiro atoms. The quantitative estimate of drug-likeness (QED) is 0.107. The molecule has 0 aliphatic carbocycles. The standard InChI is InChI=1S/C66H45N3Si/c1-5-22-46(23-6-1)47-24-21-25-48(44-47)68-58-36-17-13-34-55(58)56-41-40-49(45-64(56)68)67-61-39-20-16-35-57(61)65-62(67)42-43-63(69-59-37-18-14-32-53(59)54-33-15-19-38-60(54)69)66(65)70(50-26-7-2-8-27-50,51-28-9-3-10-29-51)52-30-11-4-12-31-52/h1-45H. The van der Waals surface area contributed by atoms with Crippen molar-refractivity contribution in [3.05, 3.63) is 273 Å². The highest BCUT2D eigenvalue weighted by Gasteiger charge is 2.45. The van der Waals surface area contributed by atoms with Gasteiger partial charge < -0.3 is 13.7 Å². The van der Waals surface area contributed by atoms with Gasteiger partial charge in [-0.05, 0) is 92.5 Å². The number of hydrogen-bond acceptors (Lipinski definition) is 0. The Labute approximate surface area is 407 Å². The van der Waals surface area contributed by atoms with E-state index in [9.17, 15) is 0 Å². The highest BCUT2D eigenvalue weighted by Crippen LogP contribution is 2.40. The van der Waals surface area contributed by atoms with Gasteiger partial charge in [0.1, 0.15) is 0 Å². The molecule has 0 radical (unpaired) electrons. The van der Waals surface area contributed by atoms with Crippen LogP contribution in [0.15, 0.2) is 273 Å². The van der Waals surface area contributed by atoms with E-state index in [0.29, 0.717) is 0 Å². The van der Waals surface area contributed by atoms with Crippen LogP contribution in [0.1, 0.15) is 0 Å². The van der Waals surface area contributed by atoms with E-state index in [0.717, 1.165) is 11.4 Å². The number of benzene rings is 11. The van der Waals surface area contributed by atoms with Gasteiger partial charge >= 0.3 is 0 Å². The summed E-state index contributed by atoms with van der Waals surface area (Å²) in [5.41, 5.74) is 12.9. The maximum Gasteiger partial charge on any atom is 0.182 e. The van der Waals surface area contributed by atoms with Crippen molar-refractivity contribution < 1.29 is 0 Å². The number of rotatable bonds is 8. The lowest BCUT2D eigenvalue weighted by Gasteiger charge is -2.37. The highest BCUT2D eigenvalue weighted by atomic mass is 28.3. The van der Waals surface area contributed by atoms with Crippen molar-refractivity contribution in [3.8, 4) is 28.2 Å². The topological polar surface area (TPSA) is 14.8 Å². The summed E-state index contributed by atoms with van der Waals surface area (Å²) >= 11 is 0. The lowest BCUT2D eigenvalue weighted by molar-refractivity contribution is 1.15. The molecule has 0 atom stereocenters. The normalized spacial score (nSPS) is 12.0. The average Bonchev–Trinajstić information content (AvgIpc) is 4.08. The van der Waals surface area contributed by atoms with E-state index < -0.39 is 8.07 Å². The zero-order chi connectivity index (χ0) is 46.2. The lowest BCUT2D eigenvalue weighted by atomic mass is 10.1. The maximum atomic E-state index is 2.57. The zero-order valence-electron chi connectivity index (χ0n) is 38.3. The van der Waals surface area contributed by atoms with E-state index >= 15 is 0 Å². The molecular formula is C66H45N3Si. The van der Waals surface area contributed by atoms with Crippen LogP contribution in [0.5, 0.6) is 0 Å². The minimum Gasteiger partial charge on any atom is -0.309 e. The first-order valence-corrected chi connectivity index (χ1v) is 26.2. The predicted octanol–water partition coefficient (Wildman–Crippen LogP) is 14.0. The molecule has 0 N–H and O–H groups in total. The van der Waals surface area contributed by atoms with Gasteiger partial charge in [0.25, 0.3) is 0 Å². The fraction of sp³-hybridized carbons (Fsp3) is 0. The van der Waals surface area contributed by atoms with Gasteiger partial charge in [0.15, 0.2) is 8.07 Å². The number of para-hydroxylation sites is 4. The number of nitrogens with zero attached hydrogens (tertiary/aromatic N) is 3. The van der Waals surface area contributed by atoms with Crippen LogP contribution in [-0.4, -0.2) is 21.8 Å². The first kappa shape index (κ1) is 40.1. The van der Waals surface area contributed by atoms with Crippen molar-refractivity contribution in [3.63, 3.8) is 0 Å². The van der Waals surface area contributed by atoms with E-state index in [4.69, 9.17) is 0 Å². The summed E-state index contributed by atoms with van der Waals surface area (Å²) in [6, 6.07) is 102. The Bertz CT molecular complexity index is 4130. The highest BCUT2D eigenvalue weighted by molar-refractivity contribution is 7.21. The second kappa shape index (κ2) is 16.1. The van der Waals surface area contributed by atoms with Gasteiger partial charge in [-0.1, -0.05) is 212 Å². The molecule has 0 saturated heterocycles. The molecule has 0 bridgehead atoms. The third kappa shape index (κ3) is 5.94. The molecule has 0 aliphatic rings. The first-order valence-electron chi connectivity index (χ1n) is 24.2. The molecule has 328 valence electrons. The second-order valence-corrected chi connectivity index (χ2v) is 22.1. The van der Waals surface area contributed by atoms with Crippen molar-refractivity contribution in [1.29, 1.82) is 0 Å². The molecular weight excluding hydrogens is 863 g/mol.